The third kappa shape index (κ3) is 2.88. The van der Waals surface area contributed by atoms with Crippen molar-refractivity contribution >= 4 is 0 Å². The maximum atomic E-state index is 6.02. The first-order valence-electron chi connectivity index (χ1n) is 7.34. The lowest BCUT2D eigenvalue weighted by atomic mass is 10.1. The van der Waals surface area contributed by atoms with Gasteiger partial charge in [0.2, 0.25) is 0 Å². The van der Waals surface area contributed by atoms with Gasteiger partial charge in [-0.3, -0.25) is 0 Å². The molecule has 20 heavy (non-hydrogen) atoms. The van der Waals surface area contributed by atoms with Crippen molar-refractivity contribution in [1.29, 1.82) is 0 Å². The van der Waals surface area contributed by atoms with Gasteiger partial charge >= 0.3 is 0 Å². The van der Waals surface area contributed by atoms with Crippen LogP contribution >= 0.6 is 0 Å². The molecule has 0 saturated heterocycles. The second-order valence-electron chi connectivity index (χ2n) is 5.74. The second-order valence-corrected chi connectivity index (χ2v) is 5.74. The van der Waals surface area contributed by atoms with Crippen molar-refractivity contribution < 1.29 is 4.74 Å². The van der Waals surface area contributed by atoms with E-state index in [0.717, 1.165) is 25.3 Å². The predicted molar refractivity (Wildman–Crippen MR) is 81.0 cm³/mol. The molecule has 0 radical (unpaired) electrons. The smallest absolute Gasteiger partial charge is 0.123 e. The van der Waals surface area contributed by atoms with Crippen LogP contribution in [0.15, 0.2) is 42.6 Å². The summed E-state index contributed by atoms with van der Waals surface area (Å²) in [6, 6.07) is 13.1. The van der Waals surface area contributed by atoms with Crippen LogP contribution in [0.1, 0.15) is 25.1 Å². The Morgan fingerprint density at radius 2 is 2.10 bits per heavy atom. The van der Waals surface area contributed by atoms with Gasteiger partial charge in [-0.1, -0.05) is 32.0 Å². The minimum atomic E-state index is 0.248. The Morgan fingerprint density at radius 1 is 1.25 bits per heavy atom. The number of para-hydroxylation sites is 1. The molecule has 2 aromatic rings. The van der Waals surface area contributed by atoms with E-state index in [1.807, 2.05) is 6.07 Å². The van der Waals surface area contributed by atoms with E-state index in [9.17, 15) is 0 Å². The quantitative estimate of drug-likeness (QED) is 0.904. The van der Waals surface area contributed by atoms with Crippen molar-refractivity contribution in [3.63, 3.8) is 0 Å². The molecular formula is C17H22N2O. The van der Waals surface area contributed by atoms with Crippen molar-refractivity contribution in [2.45, 2.75) is 45.5 Å². The number of fused-ring (bicyclic) bond motifs is 1. The largest absolute Gasteiger partial charge is 0.488 e. The lowest BCUT2D eigenvalue weighted by Gasteiger charge is -2.16. The molecule has 3 heteroatoms. The molecule has 2 heterocycles. The lowest BCUT2D eigenvalue weighted by Crippen LogP contribution is -2.26. The molecule has 1 aromatic carbocycles. The Labute approximate surface area is 120 Å². The molecule has 1 atom stereocenters. The highest BCUT2D eigenvalue weighted by atomic mass is 16.5. The van der Waals surface area contributed by atoms with E-state index < -0.39 is 0 Å². The van der Waals surface area contributed by atoms with Crippen LogP contribution < -0.4 is 10.1 Å². The third-order valence-electron chi connectivity index (χ3n) is 3.73. The van der Waals surface area contributed by atoms with Crippen LogP contribution in [0.2, 0.25) is 0 Å². The van der Waals surface area contributed by atoms with Gasteiger partial charge in [-0.25, -0.2) is 0 Å². The summed E-state index contributed by atoms with van der Waals surface area (Å²) in [6.45, 7) is 6.16. The molecule has 0 aliphatic carbocycles. The summed E-state index contributed by atoms with van der Waals surface area (Å²) < 4.78 is 8.32. The standard InChI is InChI=1S/C17H22N2O/c1-13(2)18-11-15-7-5-9-19(15)12-16-10-14-6-3-4-8-17(14)20-16/h3-9,13,16,18H,10-12H2,1-2H3. The number of nitrogens with zero attached hydrogens (tertiary/aromatic N) is 1. The van der Waals surface area contributed by atoms with Crippen LogP contribution in [-0.4, -0.2) is 16.7 Å². The molecule has 1 N–H and O–H groups in total. The Morgan fingerprint density at radius 3 is 2.90 bits per heavy atom. The van der Waals surface area contributed by atoms with E-state index in [1.165, 1.54) is 11.3 Å². The van der Waals surface area contributed by atoms with Crippen LogP contribution in [0.4, 0.5) is 0 Å². The van der Waals surface area contributed by atoms with E-state index in [1.54, 1.807) is 0 Å². The van der Waals surface area contributed by atoms with E-state index in [-0.39, 0.29) is 6.10 Å². The highest BCUT2D eigenvalue weighted by Crippen LogP contribution is 2.28. The maximum Gasteiger partial charge on any atom is 0.123 e. The molecule has 0 spiro atoms. The fraction of sp³-hybridized carbons (Fsp3) is 0.412. The van der Waals surface area contributed by atoms with Gasteiger partial charge in [0.1, 0.15) is 11.9 Å². The van der Waals surface area contributed by atoms with Gasteiger partial charge in [0.05, 0.1) is 6.54 Å². The highest BCUT2D eigenvalue weighted by molar-refractivity contribution is 5.37. The lowest BCUT2D eigenvalue weighted by molar-refractivity contribution is 0.207. The fourth-order valence-corrected chi connectivity index (χ4v) is 2.67. The van der Waals surface area contributed by atoms with E-state index in [4.69, 9.17) is 4.74 Å². The molecule has 3 rings (SSSR count). The number of hydrogen-bond acceptors (Lipinski definition) is 2. The first-order valence-corrected chi connectivity index (χ1v) is 7.34. The summed E-state index contributed by atoms with van der Waals surface area (Å²) in [7, 11) is 0. The molecule has 0 amide bonds. The van der Waals surface area contributed by atoms with Gasteiger partial charge in [-0.2, -0.15) is 0 Å². The number of hydrogen-bond donors (Lipinski definition) is 1. The van der Waals surface area contributed by atoms with Gasteiger partial charge in [0.25, 0.3) is 0 Å². The molecule has 0 bridgehead atoms. The zero-order chi connectivity index (χ0) is 13.9. The summed E-state index contributed by atoms with van der Waals surface area (Å²) in [5.41, 5.74) is 2.64. The summed E-state index contributed by atoms with van der Waals surface area (Å²) in [6.07, 6.45) is 3.40. The van der Waals surface area contributed by atoms with Crippen molar-refractivity contribution in [3.8, 4) is 5.75 Å². The summed E-state index contributed by atoms with van der Waals surface area (Å²) in [4.78, 5) is 0. The minimum absolute atomic E-state index is 0.248. The molecule has 1 unspecified atom stereocenters. The molecular weight excluding hydrogens is 248 g/mol. The zero-order valence-electron chi connectivity index (χ0n) is 12.2. The average Bonchev–Trinajstić information content (AvgIpc) is 3.02. The fourth-order valence-electron chi connectivity index (χ4n) is 2.67. The summed E-state index contributed by atoms with van der Waals surface area (Å²) >= 11 is 0. The highest BCUT2D eigenvalue weighted by Gasteiger charge is 2.22. The number of ether oxygens (including phenoxy) is 1. The Hall–Kier alpha value is -1.74. The molecule has 1 aliphatic rings. The van der Waals surface area contributed by atoms with Crippen LogP contribution in [0.5, 0.6) is 5.75 Å². The minimum Gasteiger partial charge on any atom is -0.488 e. The monoisotopic (exact) mass is 270 g/mol. The zero-order valence-corrected chi connectivity index (χ0v) is 12.2. The Kier molecular flexibility index (Phi) is 3.79. The van der Waals surface area contributed by atoms with Gasteiger partial charge in [0, 0.05) is 30.9 Å². The number of benzene rings is 1. The number of aromatic nitrogens is 1. The first kappa shape index (κ1) is 13.3. The van der Waals surface area contributed by atoms with E-state index >= 15 is 0 Å². The van der Waals surface area contributed by atoms with Gasteiger partial charge in [0.15, 0.2) is 0 Å². The summed E-state index contributed by atoms with van der Waals surface area (Å²) in [5.74, 6) is 1.05. The van der Waals surface area contributed by atoms with Crippen molar-refractivity contribution in [2.75, 3.05) is 0 Å². The number of rotatable bonds is 5. The van der Waals surface area contributed by atoms with Gasteiger partial charge < -0.3 is 14.6 Å². The van der Waals surface area contributed by atoms with Gasteiger partial charge in [-0.05, 0) is 23.8 Å². The molecule has 3 nitrogen and oxygen atoms in total. The summed E-state index contributed by atoms with van der Waals surface area (Å²) in [5, 5.41) is 3.47. The van der Waals surface area contributed by atoms with E-state index in [0.29, 0.717) is 6.04 Å². The normalized spacial score (nSPS) is 17.2. The number of nitrogens with one attached hydrogen (secondary N) is 1. The predicted octanol–water partition coefficient (Wildman–Crippen LogP) is 2.99. The van der Waals surface area contributed by atoms with Crippen LogP contribution in [0.3, 0.4) is 0 Å². The van der Waals surface area contributed by atoms with Crippen molar-refractivity contribution in [2.24, 2.45) is 0 Å². The molecule has 0 saturated carbocycles. The molecule has 0 fully saturated rings. The second kappa shape index (κ2) is 5.71. The van der Waals surface area contributed by atoms with Crippen molar-refractivity contribution in [3.05, 3.63) is 53.9 Å². The third-order valence-corrected chi connectivity index (χ3v) is 3.73. The van der Waals surface area contributed by atoms with E-state index in [2.05, 4.69) is 60.3 Å². The van der Waals surface area contributed by atoms with Crippen LogP contribution in [0, 0.1) is 0 Å². The Bertz CT molecular complexity index is 549. The molecule has 106 valence electrons. The van der Waals surface area contributed by atoms with Crippen molar-refractivity contribution in [1.82, 2.24) is 9.88 Å². The Balaban J connectivity index is 1.64. The average molecular weight is 270 g/mol. The topological polar surface area (TPSA) is 26.2 Å². The van der Waals surface area contributed by atoms with Crippen LogP contribution in [-0.2, 0) is 19.5 Å². The molecule has 1 aliphatic heterocycles. The molecule has 1 aromatic heterocycles. The first-order chi connectivity index (χ1) is 9.72. The SMILES string of the molecule is CC(C)NCc1cccn1CC1Cc2ccccc2O1. The van der Waals surface area contributed by atoms with Gasteiger partial charge in [-0.15, -0.1) is 0 Å². The van der Waals surface area contributed by atoms with Crippen LogP contribution in [0.25, 0.3) is 0 Å². The maximum absolute atomic E-state index is 6.02.